The zero-order chi connectivity index (χ0) is 12.3. The van der Waals surface area contributed by atoms with Gasteiger partial charge in [-0.05, 0) is 25.3 Å². The Kier molecular flexibility index (Phi) is 3.78. The molecule has 1 aromatic rings. The lowest BCUT2D eigenvalue weighted by atomic mass is 10.1. The summed E-state index contributed by atoms with van der Waals surface area (Å²) in [6.45, 7) is 3.54. The Balaban J connectivity index is 1.96. The van der Waals surface area contributed by atoms with Crippen molar-refractivity contribution in [1.29, 1.82) is 0 Å². The van der Waals surface area contributed by atoms with Crippen LogP contribution in [0.25, 0.3) is 0 Å². The first kappa shape index (κ1) is 12.1. The average molecular weight is 237 g/mol. The Morgan fingerprint density at radius 3 is 2.82 bits per heavy atom. The standard InChI is InChI=1S/C12H19N3O2/c1-3-9-8-11(14-13-9)12(16)15-6-4-10(17-2)5-7-15/h8,10H,3-7H2,1-2H3,(H,13,14). The van der Waals surface area contributed by atoms with Gasteiger partial charge in [-0.15, -0.1) is 0 Å². The van der Waals surface area contributed by atoms with Gasteiger partial charge in [-0.1, -0.05) is 6.92 Å². The Labute approximate surface area is 101 Å². The highest BCUT2D eigenvalue weighted by Crippen LogP contribution is 2.15. The van der Waals surface area contributed by atoms with Crippen LogP contribution in [0.1, 0.15) is 35.9 Å². The lowest BCUT2D eigenvalue weighted by Gasteiger charge is -2.30. The number of amides is 1. The van der Waals surface area contributed by atoms with Gasteiger partial charge in [0.25, 0.3) is 5.91 Å². The quantitative estimate of drug-likeness (QED) is 0.860. The molecular formula is C12H19N3O2. The molecule has 0 bridgehead atoms. The number of aromatic amines is 1. The number of nitrogens with zero attached hydrogens (tertiary/aromatic N) is 2. The number of aromatic nitrogens is 2. The molecule has 1 N–H and O–H groups in total. The molecule has 0 spiro atoms. The molecule has 1 aromatic heterocycles. The van der Waals surface area contributed by atoms with Gasteiger partial charge in [0.2, 0.25) is 0 Å². The topological polar surface area (TPSA) is 58.2 Å². The first-order valence-electron chi connectivity index (χ1n) is 6.11. The van der Waals surface area contributed by atoms with E-state index in [0.29, 0.717) is 11.8 Å². The Morgan fingerprint density at radius 2 is 2.29 bits per heavy atom. The maximum Gasteiger partial charge on any atom is 0.274 e. The summed E-state index contributed by atoms with van der Waals surface area (Å²) in [5, 5.41) is 6.93. The minimum Gasteiger partial charge on any atom is -0.381 e. The van der Waals surface area contributed by atoms with Crippen molar-refractivity contribution >= 4 is 5.91 Å². The number of hydrogen-bond acceptors (Lipinski definition) is 3. The summed E-state index contributed by atoms with van der Waals surface area (Å²) < 4.78 is 5.29. The highest BCUT2D eigenvalue weighted by atomic mass is 16.5. The number of ether oxygens (including phenoxy) is 1. The van der Waals surface area contributed by atoms with E-state index in [-0.39, 0.29) is 5.91 Å². The molecule has 5 heteroatoms. The second-order valence-corrected chi connectivity index (χ2v) is 4.36. The lowest BCUT2D eigenvalue weighted by Crippen LogP contribution is -2.40. The number of methoxy groups -OCH3 is 1. The fraction of sp³-hybridized carbons (Fsp3) is 0.667. The molecule has 0 unspecified atom stereocenters. The summed E-state index contributed by atoms with van der Waals surface area (Å²) in [4.78, 5) is 14.0. The van der Waals surface area contributed by atoms with Crippen molar-refractivity contribution in [3.05, 3.63) is 17.5 Å². The number of H-pyrrole nitrogens is 1. The second kappa shape index (κ2) is 5.31. The number of carbonyl (C=O) groups excluding carboxylic acids is 1. The van der Waals surface area contributed by atoms with Crippen LogP contribution in [0.15, 0.2) is 6.07 Å². The van der Waals surface area contributed by atoms with Crippen molar-refractivity contribution in [2.75, 3.05) is 20.2 Å². The number of carbonyl (C=O) groups is 1. The molecule has 0 radical (unpaired) electrons. The molecule has 94 valence electrons. The van der Waals surface area contributed by atoms with Gasteiger partial charge in [-0.3, -0.25) is 9.89 Å². The van der Waals surface area contributed by atoms with Crippen LogP contribution in [0.2, 0.25) is 0 Å². The molecule has 1 aliphatic rings. The fourth-order valence-corrected chi connectivity index (χ4v) is 2.11. The predicted octanol–water partition coefficient (Wildman–Crippen LogP) is 1.22. The number of hydrogen-bond donors (Lipinski definition) is 1. The molecule has 17 heavy (non-hydrogen) atoms. The third-order valence-corrected chi connectivity index (χ3v) is 3.29. The summed E-state index contributed by atoms with van der Waals surface area (Å²) in [6, 6.07) is 1.84. The summed E-state index contributed by atoms with van der Waals surface area (Å²) in [6.07, 6.45) is 2.98. The first-order chi connectivity index (χ1) is 8.24. The van der Waals surface area contributed by atoms with Gasteiger partial charge in [0, 0.05) is 25.9 Å². The number of aryl methyl sites for hydroxylation is 1. The Bertz CT molecular complexity index is 381. The summed E-state index contributed by atoms with van der Waals surface area (Å²) in [7, 11) is 1.73. The number of piperidine rings is 1. The largest absolute Gasteiger partial charge is 0.381 e. The zero-order valence-electron chi connectivity index (χ0n) is 10.4. The SMILES string of the molecule is CCc1cc(C(=O)N2CCC(OC)CC2)n[nH]1. The smallest absolute Gasteiger partial charge is 0.274 e. The molecule has 2 rings (SSSR count). The van der Waals surface area contributed by atoms with Crippen LogP contribution in [-0.4, -0.2) is 47.3 Å². The van der Waals surface area contributed by atoms with Crippen LogP contribution in [0, 0.1) is 0 Å². The first-order valence-corrected chi connectivity index (χ1v) is 6.11. The van der Waals surface area contributed by atoms with Crippen LogP contribution >= 0.6 is 0 Å². The molecule has 0 saturated carbocycles. The van der Waals surface area contributed by atoms with Crippen molar-refractivity contribution in [2.45, 2.75) is 32.3 Å². The molecule has 1 saturated heterocycles. The van der Waals surface area contributed by atoms with Crippen molar-refractivity contribution < 1.29 is 9.53 Å². The Morgan fingerprint density at radius 1 is 1.59 bits per heavy atom. The maximum absolute atomic E-state index is 12.1. The minimum absolute atomic E-state index is 0.0236. The van der Waals surface area contributed by atoms with E-state index in [9.17, 15) is 4.79 Å². The Hall–Kier alpha value is -1.36. The number of likely N-dealkylation sites (tertiary alicyclic amines) is 1. The van der Waals surface area contributed by atoms with E-state index in [1.54, 1.807) is 7.11 Å². The van der Waals surface area contributed by atoms with Gasteiger partial charge < -0.3 is 9.64 Å². The van der Waals surface area contributed by atoms with Crippen LogP contribution < -0.4 is 0 Å². The van der Waals surface area contributed by atoms with Crippen molar-refractivity contribution in [3.8, 4) is 0 Å². The minimum atomic E-state index is 0.0236. The molecule has 5 nitrogen and oxygen atoms in total. The summed E-state index contributed by atoms with van der Waals surface area (Å²) in [5.74, 6) is 0.0236. The lowest BCUT2D eigenvalue weighted by molar-refractivity contribution is 0.0347. The van der Waals surface area contributed by atoms with Crippen LogP contribution in [0.3, 0.4) is 0 Å². The molecule has 2 heterocycles. The predicted molar refractivity (Wildman–Crippen MR) is 63.9 cm³/mol. The van der Waals surface area contributed by atoms with Crippen molar-refractivity contribution in [1.82, 2.24) is 15.1 Å². The molecular weight excluding hydrogens is 218 g/mol. The molecule has 0 aliphatic carbocycles. The molecule has 1 fully saturated rings. The van der Waals surface area contributed by atoms with E-state index in [1.165, 1.54) is 0 Å². The highest BCUT2D eigenvalue weighted by Gasteiger charge is 2.24. The zero-order valence-corrected chi connectivity index (χ0v) is 10.4. The molecule has 1 amide bonds. The second-order valence-electron chi connectivity index (χ2n) is 4.36. The van der Waals surface area contributed by atoms with E-state index >= 15 is 0 Å². The van der Waals surface area contributed by atoms with E-state index in [1.807, 2.05) is 17.9 Å². The summed E-state index contributed by atoms with van der Waals surface area (Å²) in [5.41, 5.74) is 1.53. The van der Waals surface area contributed by atoms with Crippen LogP contribution in [-0.2, 0) is 11.2 Å². The van der Waals surface area contributed by atoms with Gasteiger partial charge in [-0.25, -0.2) is 0 Å². The highest BCUT2D eigenvalue weighted by molar-refractivity contribution is 5.92. The van der Waals surface area contributed by atoms with Gasteiger partial charge in [-0.2, -0.15) is 5.10 Å². The van der Waals surface area contributed by atoms with Gasteiger partial charge in [0.1, 0.15) is 5.69 Å². The number of nitrogens with one attached hydrogen (secondary N) is 1. The molecule has 0 atom stereocenters. The van der Waals surface area contributed by atoms with Crippen molar-refractivity contribution in [2.24, 2.45) is 0 Å². The average Bonchev–Trinajstić information content (AvgIpc) is 2.87. The molecule has 0 aromatic carbocycles. The van der Waals surface area contributed by atoms with Crippen molar-refractivity contribution in [3.63, 3.8) is 0 Å². The fourth-order valence-electron chi connectivity index (χ4n) is 2.11. The van der Waals surface area contributed by atoms with Gasteiger partial charge in [0.05, 0.1) is 6.10 Å². The molecule has 1 aliphatic heterocycles. The van der Waals surface area contributed by atoms with Crippen LogP contribution in [0.5, 0.6) is 0 Å². The third-order valence-electron chi connectivity index (χ3n) is 3.29. The van der Waals surface area contributed by atoms with E-state index in [2.05, 4.69) is 10.2 Å². The monoisotopic (exact) mass is 237 g/mol. The van der Waals surface area contributed by atoms with E-state index < -0.39 is 0 Å². The van der Waals surface area contributed by atoms with Gasteiger partial charge >= 0.3 is 0 Å². The maximum atomic E-state index is 12.1. The summed E-state index contributed by atoms with van der Waals surface area (Å²) >= 11 is 0. The normalized spacial score (nSPS) is 17.4. The van der Waals surface area contributed by atoms with Crippen LogP contribution in [0.4, 0.5) is 0 Å². The van der Waals surface area contributed by atoms with E-state index in [4.69, 9.17) is 4.74 Å². The van der Waals surface area contributed by atoms with E-state index in [0.717, 1.165) is 38.0 Å². The number of rotatable bonds is 3. The van der Waals surface area contributed by atoms with Gasteiger partial charge in [0.15, 0.2) is 0 Å². The third kappa shape index (κ3) is 2.66.